The van der Waals surface area contributed by atoms with Crippen molar-refractivity contribution >= 4 is 0 Å². The van der Waals surface area contributed by atoms with Crippen LogP contribution in [-0.4, -0.2) is 31.3 Å². The number of hydrogen-bond donors (Lipinski definition) is 0. The van der Waals surface area contributed by atoms with E-state index < -0.39 is 6.29 Å². The van der Waals surface area contributed by atoms with Gasteiger partial charge in [-0.2, -0.15) is 0 Å². The quantitative estimate of drug-likeness (QED) is 0.757. The van der Waals surface area contributed by atoms with Crippen LogP contribution in [0.2, 0.25) is 0 Å². The first-order valence-corrected chi connectivity index (χ1v) is 6.26. The number of nitrogens with zero attached hydrogens (tertiary/aromatic N) is 2. The van der Waals surface area contributed by atoms with Gasteiger partial charge in [0, 0.05) is 27.5 Å². The molecule has 1 aromatic carbocycles. The Balaban J connectivity index is 2.33. The van der Waals surface area contributed by atoms with Crippen LogP contribution in [0.5, 0.6) is 0 Å². The molecule has 0 radical (unpaired) electrons. The number of benzene rings is 1. The van der Waals surface area contributed by atoms with E-state index in [0.717, 1.165) is 5.56 Å². The molecule has 2 rings (SSSR count). The summed E-state index contributed by atoms with van der Waals surface area (Å²) in [6.45, 7) is 0. The molecular formula is C15H18N2O3. The van der Waals surface area contributed by atoms with Gasteiger partial charge in [0.15, 0.2) is 5.82 Å². The van der Waals surface area contributed by atoms with Gasteiger partial charge in [-0.1, -0.05) is 30.3 Å². The Morgan fingerprint density at radius 2 is 1.60 bits per heavy atom. The fraction of sp³-hybridized carbons (Fsp3) is 0.333. The summed E-state index contributed by atoms with van der Waals surface area (Å²) in [5.41, 5.74) is 1.66. The van der Waals surface area contributed by atoms with E-state index in [-0.39, 0.29) is 6.10 Å². The molecule has 0 saturated heterocycles. The third kappa shape index (κ3) is 3.19. The summed E-state index contributed by atoms with van der Waals surface area (Å²) in [5.74, 6) is 0.579. The number of rotatable bonds is 6. The predicted octanol–water partition coefficient (Wildman–Crippen LogP) is 2.50. The van der Waals surface area contributed by atoms with Crippen molar-refractivity contribution < 1.29 is 14.2 Å². The van der Waals surface area contributed by atoms with Crippen LogP contribution in [0.25, 0.3) is 0 Å². The maximum atomic E-state index is 5.52. The second kappa shape index (κ2) is 7.09. The van der Waals surface area contributed by atoms with E-state index in [4.69, 9.17) is 14.2 Å². The first-order valence-electron chi connectivity index (χ1n) is 6.26. The average Bonchev–Trinajstić information content (AvgIpc) is 2.51. The Morgan fingerprint density at radius 3 is 2.20 bits per heavy atom. The van der Waals surface area contributed by atoms with Crippen molar-refractivity contribution in [3.8, 4) is 0 Å². The minimum absolute atomic E-state index is 0.314. The highest BCUT2D eigenvalue weighted by Gasteiger charge is 2.19. The fourth-order valence-electron chi connectivity index (χ4n) is 2.00. The Kier molecular flexibility index (Phi) is 5.17. The summed E-state index contributed by atoms with van der Waals surface area (Å²) >= 11 is 0. The van der Waals surface area contributed by atoms with Gasteiger partial charge in [-0.15, -0.1) is 0 Å². The molecular weight excluding hydrogens is 256 g/mol. The van der Waals surface area contributed by atoms with Crippen LogP contribution in [0, 0.1) is 0 Å². The number of methoxy groups -OCH3 is 3. The molecule has 1 aromatic heterocycles. The van der Waals surface area contributed by atoms with Crippen molar-refractivity contribution in [1.82, 2.24) is 9.97 Å². The summed E-state index contributed by atoms with van der Waals surface area (Å²) in [4.78, 5) is 8.77. The molecule has 0 fully saturated rings. The lowest BCUT2D eigenvalue weighted by atomic mass is 10.1. The van der Waals surface area contributed by atoms with Crippen LogP contribution in [0.3, 0.4) is 0 Å². The van der Waals surface area contributed by atoms with Crippen LogP contribution in [0.1, 0.15) is 29.5 Å². The zero-order chi connectivity index (χ0) is 14.4. The zero-order valence-electron chi connectivity index (χ0n) is 11.8. The third-order valence-corrected chi connectivity index (χ3v) is 2.94. The van der Waals surface area contributed by atoms with Gasteiger partial charge in [-0.05, 0) is 11.6 Å². The van der Waals surface area contributed by atoms with E-state index >= 15 is 0 Å². The molecule has 5 heteroatoms. The monoisotopic (exact) mass is 274 g/mol. The molecule has 0 amide bonds. The maximum absolute atomic E-state index is 5.52. The Morgan fingerprint density at radius 1 is 0.900 bits per heavy atom. The average molecular weight is 274 g/mol. The zero-order valence-corrected chi connectivity index (χ0v) is 11.8. The second-order valence-electron chi connectivity index (χ2n) is 4.17. The summed E-state index contributed by atoms with van der Waals surface area (Å²) in [6.07, 6.45) is 0.855. The minimum Gasteiger partial charge on any atom is -0.369 e. The predicted molar refractivity (Wildman–Crippen MR) is 74.1 cm³/mol. The van der Waals surface area contributed by atoms with Gasteiger partial charge >= 0.3 is 0 Å². The highest BCUT2D eigenvalue weighted by molar-refractivity contribution is 5.23. The van der Waals surface area contributed by atoms with Crippen LogP contribution in [0.4, 0.5) is 0 Å². The molecule has 2 aromatic rings. The summed E-state index contributed by atoms with van der Waals surface area (Å²) in [5, 5.41) is 0. The molecule has 106 valence electrons. The van der Waals surface area contributed by atoms with E-state index in [1.54, 1.807) is 33.6 Å². The summed E-state index contributed by atoms with van der Waals surface area (Å²) in [6, 6.07) is 11.6. The van der Waals surface area contributed by atoms with Crippen molar-refractivity contribution in [1.29, 1.82) is 0 Å². The molecule has 0 N–H and O–H groups in total. The SMILES string of the molecule is COC(OC)c1ccnc(C(OC)c2ccccc2)n1. The van der Waals surface area contributed by atoms with E-state index in [1.807, 2.05) is 30.3 Å². The molecule has 0 aliphatic heterocycles. The fourth-order valence-corrected chi connectivity index (χ4v) is 2.00. The molecule has 1 atom stereocenters. The van der Waals surface area contributed by atoms with Crippen LogP contribution >= 0.6 is 0 Å². The lowest BCUT2D eigenvalue weighted by molar-refractivity contribution is -0.109. The molecule has 1 unspecified atom stereocenters. The normalized spacial score (nSPS) is 12.6. The summed E-state index contributed by atoms with van der Waals surface area (Å²) < 4.78 is 15.9. The van der Waals surface area contributed by atoms with E-state index in [1.165, 1.54) is 0 Å². The second-order valence-corrected chi connectivity index (χ2v) is 4.17. The van der Waals surface area contributed by atoms with Crippen molar-refractivity contribution in [2.45, 2.75) is 12.4 Å². The van der Waals surface area contributed by atoms with Gasteiger partial charge in [0.25, 0.3) is 0 Å². The van der Waals surface area contributed by atoms with Crippen molar-refractivity contribution in [2.75, 3.05) is 21.3 Å². The Hall–Kier alpha value is -1.82. The maximum Gasteiger partial charge on any atom is 0.200 e. The first kappa shape index (κ1) is 14.6. The Bertz CT molecular complexity index is 530. The van der Waals surface area contributed by atoms with Crippen LogP contribution in [0.15, 0.2) is 42.6 Å². The van der Waals surface area contributed by atoms with E-state index in [0.29, 0.717) is 11.5 Å². The Labute approximate surface area is 118 Å². The molecule has 0 aliphatic carbocycles. The highest BCUT2D eigenvalue weighted by Crippen LogP contribution is 2.23. The molecule has 0 aliphatic rings. The highest BCUT2D eigenvalue weighted by atomic mass is 16.7. The van der Waals surface area contributed by atoms with Gasteiger partial charge < -0.3 is 14.2 Å². The van der Waals surface area contributed by atoms with E-state index in [9.17, 15) is 0 Å². The van der Waals surface area contributed by atoms with Gasteiger partial charge in [0.1, 0.15) is 11.8 Å². The molecule has 0 bridgehead atoms. The number of aromatic nitrogens is 2. The molecule has 20 heavy (non-hydrogen) atoms. The van der Waals surface area contributed by atoms with Crippen molar-refractivity contribution in [3.63, 3.8) is 0 Å². The van der Waals surface area contributed by atoms with E-state index in [2.05, 4.69) is 9.97 Å². The molecule has 1 heterocycles. The standard InChI is InChI=1S/C15H18N2O3/c1-18-13(11-7-5-4-6-8-11)14-16-10-9-12(17-14)15(19-2)20-3/h4-10,13,15H,1-3H3. The molecule has 0 spiro atoms. The van der Waals surface area contributed by atoms with Crippen LogP contribution < -0.4 is 0 Å². The lowest BCUT2D eigenvalue weighted by Gasteiger charge is -2.17. The topological polar surface area (TPSA) is 53.5 Å². The lowest BCUT2D eigenvalue weighted by Crippen LogP contribution is -2.12. The largest absolute Gasteiger partial charge is 0.369 e. The van der Waals surface area contributed by atoms with Crippen molar-refractivity contribution in [3.05, 3.63) is 59.7 Å². The summed E-state index contributed by atoms with van der Waals surface area (Å²) in [7, 11) is 4.78. The van der Waals surface area contributed by atoms with Gasteiger partial charge in [-0.3, -0.25) is 0 Å². The minimum atomic E-state index is -0.509. The third-order valence-electron chi connectivity index (χ3n) is 2.94. The van der Waals surface area contributed by atoms with Gasteiger partial charge in [0.2, 0.25) is 6.29 Å². The number of hydrogen-bond acceptors (Lipinski definition) is 5. The van der Waals surface area contributed by atoms with Crippen molar-refractivity contribution in [2.24, 2.45) is 0 Å². The first-order chi connectivity index (χ1) is 9.80. The van der Waals surface area contributed by atoms with Crippen LogP contribution in [-0.2, 0) is 14.2 Å². The molecule has 5 nitrogen and oxygen atoms in total. The molecule has 0 saturated carbocycles. The smallest absolute Gasteiger partial charge is 0.200 e. The number of ether oxygens (including phenoxy) is 3. The van der Waals surface area contributed by atoms with Gasteiger partial charge in [0.05, 0.1) is 0 Å². The van der Waals surface area contributed by atoms with Gasteiger partial charge in [-0.25, -0.2) is 9.97 Å².